The Morgan fingerprint density at radius 2 is 2.04 bits per heavy atom. The number of likely N-dealkylation sites (tertiary alicyclic amines) is 1. The lowest BCUT2D eigenvalue weighted by atomic mass is 9.66. The summed E-state index contributed by atoms with van der Waals surface area (Å²) in [6.07, 6.45) is 11.7. The molecule has 1 aromatic heterocycles. The Kier molecular flexibility index (Phi) is 5.24. The van der Waals surface area contributed by atoms with Gasteiger partial charge in [-0.2, -0.15) is 5.10 Å². The van der Waals surface area contributed by atoms with Gasteiger partial charge in [-0.1, -0.05) is 19.3 Å². The van der Waals surface area contributed by atoms with Crippen LogP contribution < -0.4 is 5.32 Å². The molecule has 0 aromatic carbocycles. The Balaban J connectivity index is 1.45. The quantitative estimate of drug-likeness (QED) is 0.835. The van der Waals surface area contributed by atoms with E-state index in [0.717, 1.165) is 32.4 Å². The van der Waals surface area contributed by atoms with Gasteiger partial charge in [0.15, 0.2) is 0 Å². The number of amides is 2. The molecule has 4 rings (SSSR count). The van der Waals surface area contributed by atoms with Crippen LogP contribution in [0.4, 0.5) is 0 Å². The SMILES string of the molecule is CCn1nccc1C(=O)N1CC(CCC(=O)NC2CC2)C2(CCCCC2)C1. The molecule has 0 bridgehead atoms. The maximum atomic E-state index is 13.1. The fraction of sp³-hybridized carbons (Fsp3) is 0.762. The van der Waals surface area contributed by atoms with Crippen molar-refractivity contribution < 1.29 is 9.59 Å². The van der Waals surface area contributed by atoms with Crippen molar-refractivity contribution in [2.75, 3.05) is 13.1 Å². The standard InChI is InChI=1S/C21H32N4O2/c1-2-25-18(10-13-22-25)20(27)24-14-16(6-9-19(26)23-17-7-8-17)21(15-24)11-4-3-5-12-21/h10,13,16-17H,2-9,11-12,14-15H2,1H3,(H,23,26). The molecule has 2 amide bonds. The molecule has 2 saturated carbocycles. The van der Waals surface area contributed by atoms with Crippen LogP contribution in [-0.4, -0.2) is 45.6 Å². The third-order valence-electron chi connectivity index (χ3n) is 6.85. The van der Waals surface area contributed by atoms with Crippen molar-refractivity contribution >= 4 is 11.8 Å². The average Bonchev–Trinajstić information content (AvgIpc) is 3.24. The van der Waals surface area contributed by atoms with Gasteiger partial charge < -0.3 is 10.2 Å². The van der Waals surface area contributed by atoms with E-state index in [1.807, 2.05) is 17.9 Å². The second-order valence-electron chi connectivity index (χ2n) is 8.72. The highest BCUT2D eigenvalue weighted by molar-refractivity contribution is 5.92. The zero-order chi connectivity index (χ0) is 18.9. The van der Waals surface area contributed by atoms with Gasteiger partial charge in [0, 0.05) is 38.3 Å². The van der Waals surface area contributed by atoms with E-state index in [1.54, 1.807) is 10.9 Å². The van der Waals surface area contributed by atoms with Crippen molar-refractivity contribution in [3.63, 3.8) is 0 Å². The number of nitrogens with one attached hydrogen (secondary N) is 1. The fourth-order valence-electron chi connectivity index (χ4n) is 5.17. The minimum absolute atomic E-state index is 0.101. The van der Waals surface area contributed by atoms with E-state index in [0.29, 0.717) is 30.6 Å². The van der Waals surface area contributed by atoms with Gasteiger partial charge in [0.05, 0.1) is 0 Å². The van der Waals surface area contributed by atoms with Crippen molar-refractivity contribution in [2.24, 2.45) is 11.3 Å². The molecule has 2 aliphatic carbocycles. The van der Waals surface area contributed by atoms with E-state index in [9.17, 15) is 9.59 Å². The summed E-state index contributed by atoms with van der Waals surface area (Å²) < 4.78 is 1.78. The molecule has 3 aliphatic rings. The Morgan fingerprint density at radius 3 is 2.74 bits per heavy atom. The van der Waals surface area contributed by atoms with E-state index in [1.165, 1.54) is 32.1 Å². The highest BCUT2D eigenvalue weighted by Gasteiger charge is 2.48. The molecule has 1 unspecified atom stereocenters. The highest BCUT2D eigenvalue weighted by Crippen LogP contribution is 2.49. The number of aryl methyl sites for hydroxylation is 1. The number of nitrogens with zero attached hydrogens (tertiary/aromatic N) is 3. The Labute approximate surface area is 161 Å². The molecule has 27 heavy (non-hydrogen) atoms. The van der Waals surface area contributed by atoms with Crippen LogP contribution >= 0.6 is 0 Å². The van der Waals surface area contributed by atoms with Gasteiger partial charge in [0.2, 0.25) is 5.91 Å². The summed E-state index contributed by atoms with van der Waals surface area (Å²) in [6, 6.07) is 2.26. The second-order valence-corrected chi connectivity index (χ2v) is 8.72. The van der Waals surface area contributed by atoms with Crippen LogP contribution in [0.5, 0.6) is 0 Å². The molecule has 6 nitrogen and oxygen atoms in total. The Hall–Kier alpha value is -1.85. The number of aromatic nitrogens is 2. The number of carbonyl (C=O) groups excluding carboxylic acids is 2. The van der Waals surface area contributed by atoms with E-state index < -0.39 is 0 Å². The smallest absolute Gasteiger partial charge is 0.272 e. The van der Waals surface area contributed by atoms with Crippen LogP contribution in [0.15, 0.2) is 12.3 Å². The molecule has 1 N–H and O–H groups in total. The zero-order valence-corrected chi connectivity index (χ0v) is 16.5. The van der Waals surface area contributed by atoms with Crippen LogP contribution in [-0.2, 0) is 11.3 Å². The lowest BCUT2D eigenvalue weighted by molar-refractivity contribution is -0.121. The second kappa shape index (κ2) is 7.64. The topological polar surface area (TPSA) is 67.2 Å². The molecule has 2 heterocycles. The van der Waals surface area contributed by atoms with Crippen molar-refractivity contribution in [3.8, 4) is 0 Å². The molecule has 3 fully saturated rings. The van der Waals surface area contributed by atoms with E-state index in [4.69, 9.17) is 0 Å². The van der Waals surface area contributed by atoms with Gasteiger partial charge in [-0.25, -0.2) is 0 Å². The first kappa shape index (κ1) is 18.5. The monoisotopic (exact) mass is 372 g/mol. The van der Waals surface area contributed by atoms with E-state index in [2.05, 4.69) is 10.4 Å². The minimum atomic E-state index is 0.101. The molecule has 148 valence electrons. The Bertz CT molecular complexity index is 688. The lowest BCUT2D eigenvalue weighted by Gasteiger charge is -2.38. The normalized spacial score (nSPS) is 24.3. The van der Waals surface area contributed by atoms with Crippen molar-refractivity contribution in [1.29, 1.82) is 0 Å². The molecule has 0 radical (unpaired) electrons. The summed E-state index contributed by atoms with van der Waals surface area (Å²) in [7, 11) is 0. The number of carbonyl (C=O) groups is 2. The summed E-state index contributed by atoms with van der Waals surface area (Å²) in [5.74, 6) is 0.728. The molecular formula is C21H32N4O2. The number of rotatable bonds is 6. The van der Waals surface area contributed by atoms with Crippen molar-refractivity contribution in [2.45, 2.75) is 77.3 Å². The van der Waals surface area contributed by atoms with Gasteiger partial charge in [0.1, 0.15) is 5.69 Å². The number of hydrogen-bond donors (Lipinski definition) is 1. The molecule has 1 aliphatic heterocycles. The first-order valence-electron chi connectivity index (χ1n) is 10.7. The third-order valence-corrected chi connectivity index (χ3v) is 6.85. The lowest BCUT2D eigenvalue weighted by Crippen LogP contribution is -2.35. The van der Waals surface area contributed by atoms with Gasteiger partial charge in [0.25, 0.3) is 5.91 Å². The van der Waals surface area contributed by atoms with Crippen LogP contribution in [0.1, 0.15) is 75.2 Å². The first-order valence-corrected chi connectivity index (χ1v) is 10.7. The third kappa shape index (κ3) is 3.90. The molecule has 1 atom stereocenters. The van der Waals surface area contributed by atoms with Gasteiger partial charge in [-0.05, 0) is 56.4 Å². The maximum absolute atomic E-state index is 13.1. The molecule has 1 aromatic rings. The van der Waals surface area contributed by atoms with Gasteiger partial charge in [-0.15, -0.1) is 0 Å². The molecule has 1 saturated heterocycles. The predicted octanol–water partition coefficient (Wildman–Crippen LogP) is 2.98. The van der Waals surface area contributed by atoms with Gasteiger partial charge in [-0.3, -0.25) is 14.3 Å². The summed E-state index contributed by atoms with van der Waals surface area (Å²) in [6.45, 7) is 4.34. The van der Waals surface area contributed by atoms with Crippen molar-refractivity contribution in [3.05, 3.63) is 18.0 Å². The fourth-order valence-corrected chi connectivity index (χ4v) is 5.17. The summed E-state index contributed by atoms with van der Waals surface area (Å²) in [4.78, 5) is 27.4. The van der Waals surface area contributed by atoms with E-state index >= 15 is 0 Å². The van der Waals surface area contributed by atoms with Crippen LogP contribution in [0, 0.1) is 11.3 Å². The van der Waals surface area contributed by atoms with Crippen LogP contribution in [0.25, 0.3) is 0 Å². The molecular weight excluding hydrogens is 340 g/mol. The van der Waals surface area contributed by atoms with E-state index in [-0.39, 0.29) is 17.2 Å². The minimum Gasteiger partial charge on any atom is -0.353 e. The average molecular weight is 373 g/mol. The summed E-state index contributed by atoms with van der Waals surface area (Å²) in [5.41, 5.74) is 0.903. The zero-order valence-electron chi connectivity index (χ0n) is 16.5. The summed E-state index contributed by atoms with van der Waals surface area (Å²) >= 11 is 0. The predicted molar refractivity (Wildman–Crippen MR) is 103 cm³/mol. The van der Waals surface area contributed by atoms with Crippen molar-refractivity contribution in [1.82, 2.24) is 20.0 Å². The Morgan fingerprint density at radius 1 is 1.26 bits per heavy atom. The summed E-state index contributed by atoms with van der Waals surface area (Å²) in [5, 5.41) is 7.37. The number of hydrogen-bond acceptors (Lipinski definition) is 3. The highest BCUT2D eigenvalue weighted by atomic mass is 16.2. The van der Waals surface area contributed by atoms with Crippen LogP contribution in [0.2, 0.25) is 0 Å². The maximum Gasteiger partial charge on any atom is 0.272 e. The molecule has 6 heteroatoms. The molecule has 1 spiro atoms. The van der Waals surface area contributed by atoms with Gasteiger partial charge >= 0.3 is 0 Å². The largest absolute Gasteiger partial charge is 0.353 e. The van der Waals surface area contributed by atoms with Crippen LogP contribution in [0.3, 0.4) is 0 Å². The first-order chi connectivity index (χ1) is 13.1.